The molecule has 0 aliphatic carbocycles. The molecular weight excluding hydrogens is 611 g/mol. The predicted octanol–water partition coefficient (Wildman–Crippen LogP) is 6.16. The maximum absolute atomic E-state index is 14.8. The molecule has 1 saturated heterocycles. The first kappa shape index (κ1) is 32.3. The van der Waals surface area contributed by atoms with E-state index in [1.807, 2.05) is 42.7 Å². The van der Waals surface area contributed by atoms with Crippen molar-refractivity contribution in [1.82, 2.24) is 40.3 Å². The zero-order valence-electron chi connectivity index (χ0n) is 27.8. The second-order valence-electron chi connectivity index (χ2n) is 12.8. The van der Waals surface area contributed by atoms with Crippen LogP contribution in [0.5, 0.6) is 0 Å². The number of likely N-dealkylation sites (tertiary alicyclic amines) is 1. The molecule has 1 aliphatic heterocycles. The van der Waals surface area contributed by atoms with Crippen molar-refractivity contribution in [2.75, 3.05) is 19.6 Å². The fraction of sp³-hybridized carbons (Fsp3) is 0.250. The topological polar surface area (TPSA) is 98.4 Å². The van der Waals surface area contributed by atoms with Crippen LogP contribution < -0.4 is 15.9 Å². The van der Waals surface area contributed by atoms with Crippen LogP contribution >= 0.6 is 0 Å². The van der Waals surface area contributed by atoms with E-state index in [9.17, 15) is 4.39 Å². The zero-order chi connectivity index (χ0) is 33.6. The molecule has 0 unspecified atom stereocenters. The number of allylic oxidation sites excluding steroid dienone is 2. The van der Waals surface area contributed by atoms with Gasteiger partial charge < -0.3 is 15.2 Å². The number of aromatic nitrogens is 6. The van der Waals surface area contributed by atoms with E-state index in [0.29, 0.717) is 22.7 Å². The number of nitrogens with one attached hydrogen (secondary N) is 3. The normalized spacial score (nSPS) is 14.3. The van der Waals surface area contributed by atoms with Gasteiger partial charge in [0, 0.05) is 42.5 Å². The van der Waals surface area contributed by atoms with Crippen molar-refractivity contribution < 1.29 is 4.39 Å². The fourth-order valence-electron chi connectivity index (χ4n) is 6.47. The molecule has 0 atom stereocenters. The first-order chi connectivity index (χ1) is 24.0. The summed E-state index contributed by atoms with van der Waals surface area (Å²) in [4.78, 5) is 19.9. The number of hydrogen-bond acceptors (Lipinski definition) is 6. The van der Waals surface area contributed by atoms with Crippen molar-refractivity contribution in [3.8, 4) is 22.8 Å². The lowest BCUT2D eigenvalue weighted by atomic mass is 10.0. The number of benzene rings is 2. The van der Waals surface area contributed by atoms with E-state index in [4.69, 9.17) is 4.98 Å². The van der Waals surface area contributed by atoms with Crippen molar-refractivity contribution >= 4 is 29.3 Å². The summed E-state index contributed by atoms with van der Waals surface area (Å²) in [7, 11) is 0. The van der Waals surface area contributed by atoms with Gasteiger partial charge in [-0.1, -0.05) is 43.0 Å². The van der Waals surface area contributed by atoms with Gasteiger partial charge in [-0.05, 0) is 116 Å². The van der Waals surface area contributed by atoms with Crippen molar-refractivity contribution in [1.29, 1.82) is 0 Å². The Morgan fingerprint density at radius 2 is 1.82 bits per heavy atom. The third-order valence-corrected chi connectivity index (χ3v) is 9.15. The monoisotopic (exact) mass is 652 g/mol. The quantitative estimate of drug-likeness (QED) is 0.147. The van der Waals surface area contributed by atoms with Gasteiger partial charge in [0.15, 0.2) is 5.82 Å². The summed E-state index contributed by atoms with van der Waals surface area (Å²) < 4.78 is 14.8. The van der Waals surface area contributed by atoms with Crippen LogP contribution in [0.25, 0.3) is 52.0 Å². The van der Waals surface area contributed by atoms with Crippen LogP contribution in [-0.2, 0) is 19.5 Å². The van der Waals surface area contributed by atoms with Gasteiger partial charge in [-0.2, -0.15) is 5.10 Å². The highest BCUT2D eigenvalue weighted by Gasteiger charge is 2.16. The summed E-state index contributed by atoms with van der Waals surface area (Å²) in [6, 6.07) is 19.6. The molecule has 7 rings (SSSR count). The standard InChI is InChI=1S/C40H41FN8/c1-27(33-20-31(25-43-26-33)24-42-23-29-9-4-3-5-10-29)12-13-35-28(2)37(48-47-35)40-45-36-14-15-44-38(39(36)46-40)32-19-30(21-34(41)22-32)11-8-18-49-16-6-7-17-49/h3-5,9-10,12-15,19-22,25-26,42,47H,2,6-8,11,16-18,23-24H2,1H3,(H,45,46)/b27-12+,35-13+. The summed E-state index contributed by atoms with van der Waals surface area (Å²) in [6.45, 7) is 11.3. The number of halogens is 1. The maximum Gasteiger partial charge on any atom is 0.159 e. The summed E-state index contributed by atoms with van der Waals surface area (Å²) in [5.74, 6) is 0.314. The average molecular weight is 653 g/mol. The van der Waals surface area contributed by atoms with Crippen LogP contribution in [0.4, 0.5) is 4.39 Å². The Balaban J connectivity index is 1.08. The number of aromatic amines is 2. The Hall–Kier alpha value is -5.25. The smallest absolute Gasteiger partial charge is 0.159 e. The summed E-state index contributed by atoms with van der Waals surface area (Å²) in [6.07, 6.45) is 13.9. The number of aryl methyl sites for hydroxylation is 1. The van der Waals surface area contributed by atoms with Crippen LogP contribution in [0.3, 0.4) is 0 Å². The first-order valence-electron chi connectivity index (χ1n) is 17.0. The lowest BCUT2D eigenvalue weighted by Crippen LogP contribution is -2.21. The summed E-state index contributed by atoms with van der Waals surface area (Å²) in [5.41, 5.74) is 8.90. The van der Waals surface area contributed by atoms with Gasteiger partial charge in [0.2, 0.25) is 0 Å². The number of fused-ring (bicyclic) bond motifs is 1. The second-order valence-corrected chi connectivity index (χ2v) is 12.8. The largest absolute Gasteiger partial charge is 0.336 e. The van der Waals surface area contributed by atoms with E-state index in [2.05, 4.69) is 79.2 Å². The minimum absolute atomic E-state index is 0.263. The molecule has 0 amide bonds. The number of H-pyrrole nitrogens is 2. The van der Waals surface area contributed by atoms with Crippen molar-refractivity contribution in [2.24, 2.45) is 0 Å². The Bertz CT molecular complexity index is 2190. The maximum atomic E-state index is 14.8. The summed E-state index contributed by atoms with van der Waals surface area (Å²) >= 11 is 0. The highest BCUT2D eigenvalue weighted by molar-refractivity contribution is 5.91. The van der Waals surface area contributed by atoms with E-state index >= 15 is 0 Å². The number of imidazole rings is 1. The molecule has 248 valence electrons. The van der Waals surface area contributed by atoms with Gasteiger partial charge in [0.25, 0.3) is 0 Å². The van der Waals surface area contributed by atoms with Gasteiger partial charge in [-0.3, -0.25) is 15.1 Å². The minimum atomic E-state index is -0.263. The molecule has 1 fully saturated rings. The number of rotatable bonds is 12. The molecule has 0 bridgehead atoms. The molecular formula is C40H41FN8. The van der Waals surface area contributed by atoms with E-state index in [1.165, 1.54) is 37.6 Å². The second kappa shape index (κ2) is 14.9. The fourth-order valence-corrected chi connectivity index (χ4v) is 6.47. The molecule has 3 N–H and O–H groups in total. The zero-order valence-corrected chi connectivity index (χ0v) is 27.8. The Kier molecular flexibility index (Phi) is 9.81. The summed E-state index contributed by atoms with van der Waals surface area (Å²) in [5, 5.41) is 12.7. The molecule has 49 heavy (non-hydrogen) atoms. The number of pyridine rings is 2. The SMILES string of the molecule is C=c1c(-c2nc3c(-c4cc(F)cc(CCCN5CCCC5)c4)nccc3[nH]2)n[nH]/c1=C/C=C(\C)c1cncc(CNCc2ccccc2)c1. The molecule has 1 aliphatic rings. The van der Waals surface area contributed by atoms with E-state index < -0.39 is 0 Å². The van der Waals surface area contributed by atoms with Gasteiger partial charge in [-0.15, -0.1) is 0 Å². The minimum Gasteiger partial charge on any atom is -0.336 e. The van der Waals surface area contributed by atoms with E-state index in [1.54, 1.807) is 12.3 Å². The van der Waals surface area contributed by atoms with E-state index in [0.717, 1.165) is 76.4 Å². The molecule has 9 heteroatoms. The number of hydrogen-bond donors (Lipinski definition) is 3. The number of nitrogens with zero attached hydrogens (tertiary/aromatic N) is 5. The highest BCUT2D eigenvalue weighted by Crippen LogP contribution is 2.28. The molecule has 0 saturated carbocycles. The van der Waals surface area contributed by atoms with Crippen molar-refractivity contribution in [3.05, 3.63) is 124 Å². The molecule has 0 radical (unpaired) electrons. The van der Waals surface area contributed by atoms with Gasteiger partial charge in [0.05, 0.1) is 16.6 Å². The van der Waals surface area contributed by atoms with Crippen LogP contribution in [0.2, 0.25) is 0 Å². The predicted molar refractivity (Wildman–Crippen MR) is 195 cm³/mol. The third kappa shape index (κ3) is 7.74. The van der Waals surface area contributed by atoms with Crippen LogP contribution in [0.15, 0.2) is 85.3 Å². The van der Waals surface area contributed by atoms with Gasteiger partial charge >= 0.3 is 0 Å². The van der Waals surface area contributed by atoms with E-state index in [-0.39, 0.29) is 5.82 Å². The van der Waals surface area contributed by atoms with Crippen molar-refractivity contribution in [3.63, 3.8) is 0 Å². The van der Waals surface area contributed by atoms with Crippen LogP contribution in [-0.4, -0.2) is 54.7 Å². The molecule has 2 aromatic carbocycles. The molecule has 0 spiro atoms. The molecule has 5 heterocycles. The van der Waals surface area contributed by atoms with Crippen LogP contribution in [0.1, 0.15) is 48.4 Å². The lowest BCUT2D eigenvalue weighted by molar-refractivity contribution is 0.334. The third-order valence-electron chi connectivity index (χ3n) is 9.15. The molecule has 6 aromatic rings. The first-order valence-corrected chi connectivity index (χ1v) is 17.0. The van der Waals surface area contributed by atoms with Gasteiger partial charge in [0.1, 0.15) is 17.0 Å². The van der Waals surface area contributed by atoms with Crippen LogP contribution in [0, 0.1) is 5.82 Å². The Morgan fingerprint density at radius 1 is 0.980 bits per heavy atom. The Labute approximate surface area is 285 Å². The molecule has 4 aromatic heterocycles. The van der Waals surface area contributed by atoms with Gasteiger partial charge in [-0.25, -0.2) is 9.37 Å². The Morgan fingerprint density at radius 3 is 2.67 bits per heavy atom. The van der Waals surface area contributed by atoms with Crippen molar-refractivity contribution in [2.45, 2.75) is 45.7 Å². The lowest BCUT2D eigenvalue weighted by Gasteiger charge is -2.14. The molecule has 8 nitrogen and oxygen atoms in total. The average Bonchev–Trinajstić information content (AvgIpc) is 3.88. The highest BCUT2D eigenvalue weighted by atomic mass is 19.1.